The Bertz CT molecular complexity index is 572. The normalized spacial score (nSPS) is 10.8. The van der Waals surface area contributed by atoms with E-state index in [2.05, 4.69) is 15.5 Å². The first-order valence-electron chi connectivity index (χ1n) is 7.15. The van der Waals surface area contributed by atoms with Crippen LogP contribution in [0.4, 0.5) is 4.39 Å². The van der Waals surface area contributed by atoms with Gasteiger partial charge in [-0.05, 0) is 30.7 Å². The van der Waals surface area contributed by atoms with E-state index in [9.17, 15) is 4.39 Å². The Kier molecular flexibility index (Phi) is 5.68. The summed E-state index contributed by atoms with van der Waals surface area (Å²) >= 11 is 0. The summed E-state index contributed by atoms with van der Waals surface area (Å²) in [6.45, 7) is 5.62. The predicted molar refractivity (Wildman–Crippen MR) is 76.4 cm³/mol. The molecule has 0 aliphatic carbocycles. The number of ether oxygens (including phenoxy) is 1. The van der Waals surface area contributed by atoms with Crippen LogP contribution in [0.2, 0.25) is 0 Å². The molecule has 0 fully saturated rings. The number of nitrogens with one attached hydrogen (secondary N) is 1. The molecule has 114 valence electrons. The number of rotatable bonds is 8. The summed E-state index contributed by atoms with van der Waals surface area (Å²) in [5.74, 6) is 1.20. The topological polar surface area (TPSA) is 60.2 Å². The average molecular weight is 293 g/mol. The van der Waals surface area contributed by atoms with E-state index in [4.69, 9.17) is 9.26 Å². The van der Waals surface area contributed by atoms with Gasteiger partial charge in [0.1, 0.15) is 11.6 Å². The molecule has 0 aliphatic rings. The SMILES string of the molecule is CCCc1noc(COc2cc(F)cc(CNCC)c2)n1. The number of aryl methyl sites for hydroxylation is 1. The molecule has 21 heavy (non-hydrogen) atoms. The van der Waals surface area contributed by atoms with Crippen LogP contribution in [0.25, 0.3) is 0 Å². The lowest BCUT2D eigenvalue weighted by Gasteiger charge is -2.07. The summed E-state index contributed by atoms with van der Waals surface area (Å²) in [7, 11) is 0. The molecule has 5 nitrogen and oxygen atoms in total. The molecule has 2 rings (SSSR count). The standard InChI is InChI=1S/C15H20FN3O2/c1-3-5-14-18-15(21-19-14)10-20-13-7-11(9-17-4-2)6-12(16)8-13/h6-8,17H,3-5,9-10H2,1-2H3. The Balaban J connectivity index is 1.96. The van der Waals surface area contributed by atoms with Gasteiger partial charge in [0.2, 0.25) is 0 Å². The summed E-state index contributed by atoms with van der Waals surface area (Å²) < 4.78 is 24.1. The summed E-state index contributed by atoms with van der Waals surface area (Å²) in [5, 5.41) is 6.99. The van der Waals surface area contributed by atoms with Crippen LogP contribution < -0.4 is 10.1 Å². The first-order valence-corrected chi connectivity index (χ1v) is 7.15. The van der Waals surface area contributed by atoms with Crippen molar-refractivity contribution in [2.24, 2.45) is 0 Å². The monoisotopic (exact) mass is 293 g/mol. The number of hydrogen-bond donors (Lipinski definition) is 1. The minimum absolute atomic E-state index is 0.140. The van der Waals surface area contributed by atoms with Gasteiger partial charge in [-0.1, -0.05) is 19.0 Å². The zero-order valence-electron chi connectivity index (χ0n) is 12.4. The number of benzene rings is 1. The molecule has 0 saturated carbocycles. The van der Waals surface area contributed by atoms with Crippen molar-refractivity contribution in [1.82, 2.24) is 15.5 Å². The van der Waals surface area contributed by atoms with Gasteiger partial charge in [0, 0.05) is 19.0 Å². The molecule has 1 heterocycles. The van der Waals surface area contributed by atoms with Gasteiger partial charge in [0.25, 0.3) is 5.89 Å². The van der Waals surface area contributed by atoms with Crippen LogP contribution in [-0.4, -0.2) is 16.7 Å². The van der Waals surface area contributed by atoms with E-state index in [0.29, 0.717) is 24.0 Å². The van der Waals surface area contributed by atoms with Crippen molar-refractivity contribution in [2.75, 3.05) is 6.54 Å². The van der Waals surface area contributed by atoms with Crippen LogP contribution in [0.1, 0.15) is 37.5 Å². The van der Waals surface area contributed by atoms with Crippen molar-refractivity contribution in [2.45, 2.75) is 39.8 Å². The fraction of sp³-hybridized carbons (Fsp3) is 0.467. The lowest BCUT2D eigenvalue weighted by Crippen LogP contribution is -2.12. The Hall–Kier alpha value is -1.95. The van der Waals surface area contributed by atoms with Crippen LogP contribution in [0, 0.1) is 5.82 Å². The average Bonchev–Trinajstić information content (AvgIpc) is 2.91. The molecule has 0 spiro atoms. The number of hydrogen-bond acceptors (Lipinski definition) is 5. The maximum absolute atomic E-state index is 13.5. The van der Waals surface area contributed by atoms with Gasteiger partial charge in [-0.2, -0.15) is 4.98 Å². The minimum atomic E-state index is -0.322. The van der Waals surface area contributed by atoms with Gasteiger partial charge in [0.05, 0.1) is 0 Å². The van der Waals surface area contributed by atoms with Crippen LogP contribution >= 0.6 is 0 Å². The molecule has 1 aromatic carbocycles. The van der Waals surface area contributed by atoms with Gasteiger partial charge >= 0.3 is 0 Å². The highest BCUT2D eigenvalue weighted by Gasteiger charge is 2.07. The molecule has 6 heteroatoms. The molecule has 1 aromatic heterocycles. The lowest BCUT2D eigenvalue weighted by molar-refractivity contribution is 0.241. The predicted octanol–water partition coefficient (Wildman–Crippen LogP) is 2.85. The van der Waals surface area contributed by atoms with E-state index in [1.54, 1.807) is 6.07 Å². The Morgan fingerprint density at radius 2 is 2.14 bits per heavy atom. The fourth-order valence-electron chi connectivity index (χ4n) is 1.89. The molecular weight excluding hydrogens is 273 g/mol. The quantitative estimate of drug-likeness (QED) is 0.811. The smallest absolute Gasteiger partial charge is 0.264 e. The Labute approximate surface area is 123 Å². The molecule has 0 unspecified atom stereocenters. The van der Waals surface area contributed by atoms with E-state index in [1.165, 1.54) is 12.1 Å². The molecule has 0 radical (unpaired) electrons. The highest BCUT2D eigenvalue weighted by atomic mass is 19.1. The zero-order valence-corrected chi connectivity index (χ0v) is 12.4. The minimum Gasteiger partial charge on any atom is -0.484 e. The molecule has 2 aromatic rings. The van der Waals surface area contributed by atoms with Gasteiger partial charge in [0.15, 0.2) is 12.4 Å². The van der Waals surface area contributed by atoms with E-state index in [0.717, 1.165) is 24.9 Å². The zero-order chi connectivity index (χ0) is 15.1. The Morgan fingerprint density at radius 1 is 1.29 bits per heavy atom. The van der Waals surface area contributed by atoms with Crippen molar-refractivity contribution in [3.05, 3.63) is 41.3 Å². The van der Waals surface area contributed by atoms with Gasteiger partial charge in [-0.25, -0.2) is 4.39 Å². The molecule has 0 amide bonds. The maximum atomic E-state index is 13.5. The van der Waals surface area contributed by atoms with Gasteiger partial charge < -0.3 is 14.6 Å². The molecule has 0 saturated heterocycles. The van der Waals surface area contributed by atoms with Gasteiger partial charge in [-0.15, -0.1) is 0 Å². The maximum Gasteiger partial charge on any atom is 0.264 e. The lowest BCUT2D eigenvalue weighted by atomic mass is 10.2. The second-order valence-corrected chi connectivity index (χ2v) is 4.72. The van der Waals surface area contributed by atoms with Crippen molar-refractivity contribution in [1.29, 1.82) is 0 Å². The van der Waals surface area contributed by atoms with E-state index in [-0.39, 0.29) is 12.4 Å². The summed E-state index contributed by atoms with van der Waals surface area (Å²) in [5.41, 5.74) is 0.837. The Morgan fingerprint density at radius 3 is 2.90 bits per heavy atom. The van der Waals surface area contributed by atoms with E-state index < -0.39 is 0 Å². The summed E-state index contributed by atoms with van der Waals surface area (Å²) in [6.07, 6.45) is 1.73. The second kappa shape index (κ2) is 7.73. The number of halogens is 1. The van der Waals surface area contributed by atoms with Gasteiger partial charge in [-0.3, -0.25) is 0 Å². The molecular formula is C15H20FN3O2. The molecule has 1 N–H and O–H groups in total. The van der Waals surface area contributed by atoms with Crippen LogP contribution in [-0.2, 0) is 19.6 Å². The van der Waals surface area contributed by atoms with Crippen molar-refractivity contribution >= 4 is 0 Å². The largest absolute Gasteiger partial charge is 0.484 e. The third-order valence-corrected chi connectivity index (χ3v) is 2.86. The summed E-state index contributed by atoms with van der Waals surface area (Å²) in [4.78, 5) is 4.20. The van der Waals surface area contributed by atoms with E-state index in [1.807, 2.05) is 13.8 Å². The summed E-state index contributed by atoms with van der Waals surface area (Å²) in [6, 6.07) is 4.63. The fourth-order valence-corrected chi connectivity index (χ4v) is 1.89. The van der Waals surface area contributed by atoms with Crippen LogP contribution in [0.5, 0.6) is 5.75 Å². The molecule has 0 bridgehead atoms. The second-order valence-electron chi connectivity index (χ2n) is 4.72. The highest BCUT2D eigenvalue weighted by molar-refractivity contribution is 5.29. The first-order chi connectivity index (χ1) is 10.2. The van der Waals surface area contributed by atoms with Crippen molar-refractivity contribution < 1.29 is 13.7 Å². The number of nitrogens with zero attached hydrogens (tertiary/aromatic N) is 2. The first kappa shape index (κ1) is 15.4. The molecule has 0 atom stereocenters. The van der Waals surface area contributed by atoms with E-state index >= 15 is 0 Å². The van der Waals surface area contributed by atoms with Crippen LogP contribution in [0.15, 0.2) is 22.7 Å². The van der Waals surface area contributed by atoms with Crippen molar-refractivity contribution in [3.63, 3.8) is 0 Å². The van der Waals surface area contributed by atoms with Crippen LogP contribution in [0.3, 0.4) is 0 Å². The highest BCUT2D eigenvalue weighted by Crippen LogP contribution is 2.17. The van der Waals surface area contributed by atoms with Crippen molar-refractivity contribution in [3.8, 4) is 5.75 Å². The number of aromatic nitrogens is 2. The third kappa shape index (κ3) is 4.82. The molecule has 0 aliphatic heterocycles. The third-order valence-electron chi connectivity index (χ3n) is 2.86.